The summed E-state index contributed by atoms with van der Waals surface area (Å²) in [5.41, 5.74) is 10.4. The Balaban J connectivity index is 1.63. The Morgan fingerprint density at radius 3 is 2.79 bits per heavy atom. The second-order valence-corrected chi connectivity index (χ2v) is 8.09. The number of aromatic nitrogens is 2. The van der Waals surface area contributed by atoms with Crippen molar-refractivity contribution in [1.29, 1.82) is 0 Å². The lowest BCUT2D eigenvalue weighted by atomic mass is 10.1. The number of hydrogen-bond acceptors (Lipinski definition) is 5. The fourth-order valence-electron chi connectivity index (χ4n) is 3.76. The number of cyclic esters (lactones) is 1. The Kier molecular flexibility index (Phi) is 5.43. The molecule has 0 saturated carbocycles. The quantitative estimate of drug-likeness (QED) is 0.257. The smallest absolute Gasteiger partial charge is 0.308 e. The van der Waals surface area contributed by atoms with Gasteiger partial charge in [-0.25, -0.2) is 13.9 Å². The van der Waals surface area contributed by atoms with Crippen LogP contribution < -0.4 is 11.1 Å². The molecular formula is C24H19ClFN5O2. The third kappa shape index (κ3) is 4.25. The summed E-state index contributed by atoms with van der Waals surface area (Å²) in [6.07, 6.45) is 3.72. The number of nitrogens with one attached hydrogen (secondary N) is 1. The van der Waals surface area contributed by atoms with E-state index in [0.717, 1.165) is 16.6 Å². The van der Waals surface area contributed by atoms with Crippen molar-refractivity contribution in [2.45, 2.75) is 12.5 Å². The van der Waals surface area contributed by atoms with Gasteiger partial charge in [-0.1, -0.05) is 41.9 Å². The molecule has 3 N–H and O–H groups in total. The van der Waals surface area contributed by atoms with E-state index in [1.54, 1.807) is 10.7 Å². The van der Waals surface area contributed by atoms with Crippen LogP contribution in [-0.2, 0) is 9.53 Å². The standard InChI is InChI=1S/C24H19ClFN5O2/c25-19-7-6-16(26)9-20(19)30-24(27)18-11-28-31-12-15(14-4-2-1-3-5-14)8-21(31)23(18)29-17-10-22(32)33-13-17/h1-9,11-12,17,29H,10,13H2,(H2,27,30)/t17-/m0/s1. The van der Waals surface area contributed by atoms with Gasteiger partial charge in [-0.3, -0.25) is 4.79 Å². The van der Waals surface area contributed by atoms with Crippen LogP contribution in [0.5, 0.6) is 0 Å². The zero-order valence-corrected chi connectivity index (χ0v) is 18.1. The first-order chi connectivity index (χ1) is 16.0. The van der Waals surface area contributed by atoms with Crippen molar-refractivity contribution in [3.63, 3.8) is 0 Å². The highest BCUT2D eigenvalue weighted by atomic mass is 35.5. The van der Waals surface area contributed by atoms with Crippen LogP contribution in [0.2, 0.25) is 5.02 Å². The second kappa shape index (κ2) is 8.55. The average molecular weight is 464 g/mol. The fraction of sp³-hybridized carbons (Fsp3) is 0.125. The number of fused-ring (bicyclic) bond motifs is 1. The number of nitrogens with zero attached hydrogens (tertiary/aromatic N) is 3. The predicted molar refractivity (Wildman–Crippen MR) is 125 cm³/mol. The van der Waals surface area contributed by atoms with Crippen molar-refractivity contribution in [3.8, 4) is 11.1 Å². The number of aliphatic imine (C=N–C) groups is 1. The topological polar surface area (TPSA) is 94.0 Å². The number of esters is 1. The number of carbonyl (C=O) groups is 1. The summed E-state index contributed by atoms with van der Waals surface area (Å²) in [6, 6.07) is 15.5. The molecule has 0 radical (unpaired) electrons. The maximum absolute atomic E-state index is 13.7. The predicted octanol–water partition coefficient (Wildman–Crippen LogP) is 4.56. The molecule has 9 heteroatoms. The maximum atomic E-state index is 13.7. The van der Waals surface area contributed by atoms with E-state index in [2.05, 4.69) is 15.4 Å². The van der Waals surface area contributed by atoms with E-state index < -0.39 is 5.82 Å². The van der Waals surface area contributed by atoms with Crippen LogP contribution in [-0.4, -0.2) is 34.1 Å². The molecule has 5 rings (SSSR count). The van der Waals surface area contributed by atoms with Gasteiger partial charge in [0.25, 0.3) is 0 Å². The van der Waals surface area contributed by atoms with E-state index in [4.69, 9.17) is 22.1 Å². The Bertz CT molecular complexity index is 1390. The third-order valence-corrected chi connectivity index (χ3v) is 5.70. The number of nitrogens with two attached hydrogens (primary N) is 1. The number of anilines is 1. The Morgan fingerprint density at radius 1 is 1.21 bits per heavy atom. The summed E-state index contributed by atoms with van der Waals surface area (Å²) in [6.45, 7) is 0.242. The molecule has 1 atom stereocenters. The molecule has 0 spiro atoms. The van der Waals surface area contributed by atoms with Crippen molar-refractivity contribution in [1.82, 2.24) is 9.61 Å². The van der Waals surface area contributed by atoms with Crippen molar-refractivity contribution in [2.24, 2.45) is 10.7 Å². The van der Waals surface area contributed by atoms with E-state index >= 15 is 0 Å². The lowest BCUT2D eigenvalue weighted by Crippen LogP contribution is -2.24. The van der Waals surface area contributed by atoms with Gasteiger partial charge >= 0.3 is 5.97 Å². The second-order valence-electron chi connectivity index (χ2n) is 7.68. The lowest BCUT2D eigenvalue weighted by molar-refractivity contribution is -0.137. The molecule has 3 heterocycles. The van der Waals surface area contributed by atoms with Crippen molar-refractivity contribution < 1.29 is 13.9 Å². The molecule has 166 valence electrons. The minimum atomic E-state index is -0.474. The lowest BCUT2D eigenvalue weighted by Gasteiger charge is -2.16. The first-order valence-corrected chi connectivity index (χ1v) is 10.6. The van der Waals surface area contributed by atoms with Crippen LogP contribution in [0, 0.1) is 5.82 Å². The summed E-state index contributed by atoms with van der Waals surface area (Å²) < 4.78 is 20.6. The number of halogens is 2. The van der Waals surface area contributed by atoms with E-state index in [0.29, 0.717) is 11.3 Å². The zero-order valence-electron chi connectivity index (χ0n) is 17.3. The van der Waals surface area contributed by atoms with Gasteiger partial charge in [0.15, 0.2) is 0 Å². The number of ether oxygens (including phenoxy) is 1. The molecule has 0 bridgehead atoms. The number of rotatable bonds is 5. The molecule has 0 aliphatic carbocycles. The van der Waals surface area contributed by atoms with E-state index in [1.807, 2.05) is 42.6 Å². The number of hydrogen-bond donors (Lipinski definition) is 2. The van der Waals surface area contributed by atoms with Gasteiger partial charge in [0.2, 0.25) is 0 Å². The van der Waals surface area contributed by atoms with Crippen molar-refractivity contribution in [3.05, 3.63) is 83.4 Å². The van der Waals surface area contributed by atoms with Crippen molar-refractivity contribution in [2.75, 3.05) is 11.9 Å². The highest BCUT2D eigenvalue weighted by Gasteiger charge is 2.26. The molecule has 2 aromatic carbocycles. The summed E-state index contributed by atoms with van der Waals surface area (Å²) in [4.78, 5) is 16.0. The molecule has 0 amide bonds. The van der Waals surface area contributed by atoms with Crippen LogP contribution >= 0.6 is 11.6 Å². The molecule has 33 heavy (non-hydrogen) atoms. The summed E-state index contributed by atoms with van der Waals surface area (Å²) in [7, 11) is 0. The highest BCUT2D eigenvalue weighted by molar-refractivity contribution is 6.33. The molecule has 7 nitrogen and oxygen atoms in total. The molecule has 0 unspecified atom stereocenters. The van der Waals surface area contributed by atoms with E-state index in [1.165, 1.54) is 18.2 Å². The van der Waals surface area contributed by atoms with Gasteiger partial charge in [-0.05, 0) is 23.8 Å². The van der Waals surface area contributed by atoms with Crippen LogP contribution in [0.4, 0.5) is 15.8 Å². The van der Waals surface area contributed by atoms with Crippen molar-refractivity contribution >= 4 is 40.3 Å². The van der Waals surface area contributed by atoms with Gasteiger partial charge in [-0.2, -0.15) is 5.10 Å². The zero-order chi connectivity index (χ0) is 22.9. The average Bonchev–Trinajstić information content (AvgIpc) is 3.43. The minimum absolute atomic E-state index is 0.104. The maximum Gasteiger partial charge on any atom is 0.308 e. The molecule has 1 saturated heterocycles. The first-order valence-electron chi connectivity index (χ1n) is 10.3. The van der Waals surface area contributed by atoms with Crippen LogP contribution in [0.25, 0.3) is 16.6 Å². The minimum Gasteiger partial charge on any atom is -0.463 e. The largest absolute Gasteiger partial charge is 0.463 e. The Morgan fingerprint density at radius 2 is 2.03 bits per heavy atom. The molecule has 1 aliphatic heterocycles. The van der Waals surface area contributed by atoms with Crippen LogP contribution in [0.3, 0.4) is 0 Å². The van der Waals surface area contributed by atoms with Crippen LogP contribution in [0.15, 0.2) is 72.0 Å². The van der Waals surface area contributed by atoms with Gasteiger partial charge in [0.1, 0.15) is 18.3 Å². The Hall–Kier alpha value is -3.91. The Labute approximate surface area is 193 Å². The van der Waals surface area contributed by atoms with E-state index in [9.17, 15) is 9.18 Å². The monoisotopic (exact) mass is 463 g/mol. The SMILES string of the molecule is N/C(=N\c1cc(F)ccc1Cl)c1cnn2cc(-c3ccccc3)cc2c1N[C@@H]1COC(=O)C1. The summed E-state index contributed by atoms with van der Waals surface area (Å²) in [5, 5.41) is 8.13. The molecule has 1 aliphatic rings. The number of carbonyl (C=O) groups excluding carboxylic acids is 1. The molecular weight excluding hydrogens is 445 g/mol. The first kappa shape index (κ1) is 21.0. The molecule has 4 aromatic rings. The normalized spacial score (nSPS) is 16.2. The number of amidine groups is 1. The summed E-state index contributed by atoms with van der Waals surface area (Å²) in [5.74, 6) is -0.640. The third-order valence-electron chi connectivity index (χ3n) is 5.38. The number of benzene rings is 2. The summed E-state index contributed by atoms with van der Waals surface area (Å²) >= 11 is 6.17. The van der Waals surface area contributed by atoms with Gasteiger partial charge < -0.3 is 15.8 Å². The fourth-order valence-corrected chi connectivity index (χ4v) is 3.92. The van der Waals surface area contributed by atoms with Crippen LogP contribution in [0.1, 0.15) is 12.0 Å². The highest BCUT2D eigenvalue weighted by Crippen LogP contribution is 2.31. The van der Waals surface area contributed by atoms with E-state index in [-0.39, 0.29) is 41.6 Å². The molecule has 2 aromatic heterocycles. The molecule has 1 fully saturated rings. The van der Waals surface area contributed by atoms with Gasteiger partial charge in [-0.15, -0.1) is 0 Å². The van der Waals surface area contributed by atoms with Gasteiger partial charge in [0.05, 0.1) is 46.1 Å². The van der Waals surface area contributed by atoms with Gasteiger partial charge in [0, 0.05) is 17.8 Å².